The van der Waals surface area contributed by atoms with E-state index in [0.717, 1.165) is 0 Å². The van der Waals surface area contributed by atoms with Crippen LogP contribution in [0, 0.1) is 0 Å². The number of ether oxygens (including phenoxy) is 1. The summed E-state index contributed by atoms with van der Waals surface area (Å²) in [7, 11) is 0. The van der Waals surface area contributed by atoms with E-state index in [1.807, 2.05) is 0 Å². The first-order chi connectivity index (χ1) is 6.06. The van der Waals surface area contributed by atoms with Crippen molar-refractivity contribution in [3.8, 4) is 0 Å². The number of allylic oxidation sites excluding steroid dienone is 1. The number of hydrogen-bond donors (Lipinski definition) is 2. The SMILES string of the molecule is CCOC(=O)C=C(C)NCC(=O)O.[H-].[K+]. The van der Waals surface area contributed by atoms with Gasteiger partial charge in [-0.25, -0.2) is 4.79 Å². The van der Waals surface area contributed by atoms with Crippen molar-refractivity contribution < 1.29 is 72.2 Å². The molecule has 0 saturated carbocycles. The van der Waals surface area contributed by atoms with Crippen molar-refractivity contribution in [1.82, 2.24) is 5.32 Å². The van der Waals surface area contributed by atoms with Crippen molar-refractivity contribution in [2.75, 3.05) is 13.2 Å². The predicted molar refractivity (Wildman–Crippen MR) is 47.1 cm³/mol. The van der Waals surface area contributed by atoms with Gasteiger partial charge in [-0.15, -0.1) is 0 Å². The maximum absolute atomic E-state index is 10.8. The van der Waals surface area contributed by atoms with Crippen LogP contribution >= 0.6 is 0 Å². The van der Waals surface area contributed by atoms with Crippen LogP contribution in [0.2, 0.25) is 0 Å². The molecule has 0 aliphatic carbocycles. The number of hydrogen-bond acceptors (Lipinski definition) is 4. The number of carbonyl (C=O) groups excluding carboxylic acids is 1. The smallest absolute Gasteiger partial charge is 1.00 e. The van der Waals surface area contributed by atoms with Gasteiger partial charge in [0.1, 0.15) is 6.54 Å². The first-order valence-electron chi connectivity index (χ1n) is 3.87. The van der Waals surface area contributed by atoms with Crippen LogP contribution in [0.4, 0.5) is 0 Å². The average Bonchev–Trinajstić information content (AvgIpc) is 2.01. The maximum Gasteiger partial charge on any atom is 1.00 e. The van der Waals surface area contributed by atoms with E-state index in [1.165, 1.54) is 6.08 Å². The fourth-order valence-corrected chi connectivity index (χ4v) is 0.627. The molecule has 0 atom stereocenters. The predicted octanol–water partition coefficient (Wildman–Crippen LogP) is -2.76. The molecule has 0 aromatic heterocycles. The number of carboxylic acid groups (broad SMARTS) is 1. The molecule has 2 N–H and O–H groups in total. The summed E-state index contributed by atoms with van der Waals surface area (Å²) in [5.41, 5.74) is 0.473. The van der Waals surface area contributed by atoms with E-state index >= 15 is 0 Å². The average molecular weight is 227 g/mol. The van der Waals surface area contributed by atoms with Crippen molar-refractivity contribution in [2.24, 2.45) is 0 Å². The Balaban J connectivity index is -0.000000720. The van der Waals surface area contributed by atoms with Crippen LogP contribution in [-0.4, -0.2) is 30.2 Å². The van der Waals surface area contributed by atoms with Crippen LogP contribution in [0.3, 0.4) is 0 Å². The van der Waals surface area contributed by atoms with Gasteiger partial charge in [-0.05, 0) is 13.8 Å². The molecule has 0 radical (unpaired) electrons. The molecule has 0 saturated heterocycles. The summed E-state index contributed by atoms with van der Waals surface area (Å²) in [4.78, 5) is 20.9. The summed E-state index contributed by atoms with van der Waals surface area (Å²) in [6, 6.07) is 0. The Morgan fingerprint density at radius 1 is 1.57 bits per heavy atom. The third kappa shape index (κ3) is 10.2. The van der Waals surface area contributed by atoms with Crippen molar-refractivity contribution in [2.45, 2.75) is 13.8 Å². The maximum atomic E-state index is 10.8. The second-order valence-corrected chi connectivity index (χ2v) is 2.33. The van der Waals surface area contributed by atoms with Crippen molar-refractivity contribution >= 4 is 11.9 Å². The Hall–Kier alpha value is 0.116. The van der Waals surface area contributed by atoms with Gasteiger partial charge in [0.2, 0.25) is 0 Å². The summed E-state index contributed by atoms with van der Waals surface area (Å²) < 4.78 is 4.62. The quantitative estimate of drug-likeness (QED) is 0.302. The molecule has 0 aromatic rings. The Kier molecular flexibility index (Phi) is 11.4. The molecule has 0 aromatic carbocycles. The molecular weight excluding hydrogens is 213 g/mol. The molecule has 0 bridgehead atoms. The number of esters is 1. The first kappa shape index (κ1) is 16.5. The van der Waals surface area contributed by atoms with Crippen LogP contribution in [0.25, 0.3) is 0 Å². The molecule has 5 nitrogen and oxygen atoms in total. The van der Waals surface area contributed by atoms with Gasteiger partial charge in [0, 0.05) is 11.8 Å². The van der Waals surface area contributed by atoms with Crippen molar-refractivity contribution in [3.63, 3.8) is 0 Å². The van der Waals surface area contributed by atoms with Gasteiger partial charge < -0.3 is 16.6 Å². The topological polar surface area (TPSA) is 75.6 Å². The Morgan fingerprint density at radius 2 is 2.14 bits per heavy atom. The van der Waals surface area contributed by atoms with Gasteiger partial charge in [-0.3, -0.25) is 4.79 Å². The minimum absolute atomic E-state index is 0. The fraction of sp³-hybridized carbons (Fsp3) is 0.500. The largest absolute Gasteiger partial charge is 1.00 e. The first-order valence-corrected chi connectivity index (χ1v) is 3.87. The summed E-state index contributed by atoms with van der Waals surface area (Å²) in [6.07, 6.45) is 1.21. The second-order valence-electron chi connectivity index (χ2n) is 2.33. The van der Waals surface area contributed by atoms with E-state index in [2.05, 4.69) is 10.1 Å². The van der Waals surface area contributed by atoms with Gasteiger partial charge in [-0.2, -0.15) is 0 Å². The molecule has 0 aliphatic rings. The number of aliphatic carboxylic acids is 1. The second kappa shape index (κ2) is 9.66. The summed E-state index contributed by atoms with van der Waals surface area (Å²) >= 11 is 0. The van der Waals surface area contributed by atoms with Gasteiger partial charge in [0.25, 0.3) is 0 Å². The molecule has 0 spiro atoms. The summed E-state index contributed by atoms with van der Waals surface area (Å²) in [5.74, 6) is -1.45. The Morgan fingerprint density at radius 3 is 2.57 bits per heavy atom. The normalized spacial score (nSPS) is 10.0. The van der Waals surface area contributed by atoms with Crippen LogP contribution < -0.4 is 56.7 Å². The monoisotopic (exact) mass is 227 g/mol. The van der Waals surface area contributed by atoms with E-state index in [1.54, 1.807) is 13.8 Å². The zero-order valence-electron chi connectivity index (χ0n) is 9.66. The standard InChI is InChI=1S/C8H13NO4.K.H/c1-3-13-8(12)4-6(2)9-5-7(10)11;;/h4,9H,3,5H2,1-2H3,(H,10,11);;/q;+1;-1. The minimum atomic E-state index is -0.975. The van der Waals surface area contributed by atoms with Crippen molar-refractivity contribution in [3.05, 3.63) is 11.8 Å². The number of rotatable bonds is 5. The van der Waals surface area contributed by atoms with Crippen LogP contribution in [0.5, 0.6) is 0 Å². The van der Waals surface area contributed by atoms with E-state index in [9.17, 15) is 9.59 Å². The third-order valence-electron chi connectivity index (χ3n) is 1.14. The zero-order chi connectivity index (χ0) is 10.3. The molecule has 76 valence electrons. The Bertz CT molecular complexity index is 233. The zero-order valence-corrected chi connectivity index (χ0v) is 11.8. The molecule has 0 amide bonds. The summed E-state index contributed by atoms with van der Waals surface area (Å²) in [6.45, 7) is 3.40. The number of carboxylic acids is 1. The Labute approximate surface area is 127 Å². The van der Waals surface area contributed by atoms with Crippen LogP contribution in [0.15, 0.2) is 11.8 Å². The molecule has 0 heterocycles. The van der Waals surface area contributed by atoms with Crippen LogP contribution in [0.1, 0.15) is 15.3 Å². The van der Waals surface area contributed by atoms with Gasteiger partial charge in [0.15, 0.2) is 0 Å². The fourth-order valence-electron chi connectivity index (χ4n) is 0.627. The number of carbonyl (C=O) groups is 2. The molecule has 0 unspecified atom stereocenters. The van der Waals surface area contributed by atoms with Gasteiger partial charge in [-0.1, -0.05) is 0 Å². The van der Waals surface area contributed by atoms with Crippen LogP contribution in [-0.2, 0) is 14.3 Å². The van der Waals surface area contributed by atoms with E-state index < -0.39 is 11.9 Å². The molecule has 6 heteroatoms. The van der Waals surface area contributed by atoms with E-state index in [4.69, 9.17) is 5.11 Å². The van der Waals surface area contributed by atoms with E-state index in [-0.39, 0.29) is 59.4 Å². The minimum Gasteiger partial charge on any atom is -1.00 e. The van der Waals surface area contributed by atoms with Crippen molar-refractivity contribution in [1.29, 1.82) is 0 Å². The molecule has 0 fully saturated rings. The number of nitrogens with one attached hydrogen (secondary N) is 1. The van der Waals surface area contributed by atoms with E-state index in [0.29, 0.717) is 12.3 Å². The molecular formula is C8H14KNO4. The van der Waals surface area contributed by atoms with Gasteiger partial charge >= 0.3 is 63.3 Å². The molecule has 14 heavy (non-hydrogen) atoms. The molecule has 0 rings (SSSR count). The summed E-state index contributed by atoms with van der Waals surface area (Å²) in [5, 5.41) is 10.8. The molecule has 0 aliphatic heterocycles. The van der Waals surface area contributed by atoms with Gasteiger partial charge in [0.05, 0.1) is 6.61 Å². The third-order valence-corrected chi connectivity index (χ3v) is 1.14.